The molecule has 1 aromatic heterocycles. The Kier molecular flexibility index (Phi) is 5.56. The van der Waals surface area contributed by atoms with E-state index in [1.807, 2.05) is 31.2 Å². The van der Waals surface area contributed by atoms with Crippen molar-refractivity contribution in [1.82, 2.24) is 14.5 Å². The number of aliphatic hydroxyl groups excluding tert-OH is 1. The quantitative estimate of drug-likeness (QED) is 0.870. The van der Waals surface area contributed by atoms with E-state index in [-0.39, 0.29) is 0 Å². The van der Waals surface area contributed by atoms with E-state index in [2.05, 4.69) is 21.4 Å². The third-order valence-electron chi connectivity index (χ3n) is 4.50. The summed E-state index contributed by atoms with van der Waals surface area (Å²) in [7, 11) is 0. The second-order valence-electron chi connectivity index (χ2n) is 6.38. The van der Waals surface area contributed by atoms with Gasteiger partial charge >= 0.3 is 0 Å². The van der Waals surface area contributed by atoms with Gasteiger partial charge in [0.05, 0.1) is 31.6 Å². The Balaban J connectivity index is 1.44. The van der Waals surface area contributed by atoms with E-state index in [4.69, 9.17) is 16.3 Å². The molecule has 0 unspecified atom stereocenters. The molecule has 2 heterocycles. The molecule has 130 valence electrons. The van der Waals surface area contributed by atoms with Crippen LogP contribution in [0, 0.1) is 13.8 Å². The second kappa shape index (κ2) is 7.66. The molecule has 0 spiro atoms. The molecular formula is C18H24ClN3O2. The topological polar surface area (TPSA) is 50.5 Å². The number of aliphatic hydroxyl groups is 1. The molecule has 6 heteroatoms. The van der Waals surface area contributed by atoms with Crippen LogP contribution in [0.2, 0.25) is 5.02 Å². The van der Waals surface area contributed by atoms with Gasteiger partial charge in [-0.15, -0.1) is 0 Å². The Morgan fingerprint density at radius 3 is 2.75 bits per heavy atom. The van der Waals surface area contributed by atoms with Crippen molar-refractivity contribution in [3.63, 3.8) is 0 Å². The van der Waals surface area contributed by atoms with Gasteiger partial charge in [-0.25, -0.2) is 4.98 Å². The maximum atomic E-state index is 10.2. The van der Waals surface area contributed by atoms with Crippen LogP contribution in [0.1, 0.15) is 22.8 Å². The first-order valence-corrected chi connectivity index (χ1v) is 8.66. The van der Waals surface area contributed by atoms with Crippen molar-refractivity contribution in [3.05, 3.63) is 52.1 Å². The van der Waals surface area contributed by atoms with Gasteiger partial charge in [0.2, 0.25) is 0 Å². The first-order valence-electron chi connectivity index (χ1n) is 8.28. The summed E-state index contributed by atoms with van der Waals surface area (Å²) in [5.41, 5.74) is 3.40. The van der Waals surface area contributed by atoms with E-state index in [0.717, 1.165) is 36.7 Å². The summed E-state index contributed by atoms with van der Waals surface area (Å²) in [5, 5.41) is 10.9. The summed E-state index contributed by atoms with van der Waals surface area (Å²) >= 11 is 5.86. The van der Waals surface area contributed by atoms with Crippen LogP contribution >= 0.6 is 11.6 Å². The lowest BCUT2D eigenvalue weighted by Crippen LogP contribution is -2.40. The van der Waals surface area contributed by atoms with E-state index in [1.54, 1.807) is 0 Å². The second-order valence-corrected chi connectivity index (χ2v) is 6.82. The minimum atomic E-state index is -0.499. The number of ether oxygens (including phenoxy) is 1. The fourth-order valence-electron chi connectivity index (χ4n) is 3.06. The van der Waals surface area contributed by atoms with Crippen LogP contribution in [-0.2, 0) is 24.4 Å². The maximum absolute atomic E-state index is 10.2. The fraction of sp³-hybridized carbons (Fsp3) is 0.500. The van der Waals surface area contributed by atoms with Crippen LogP contribution < -0.4 is 0 Å². The average molecular weight is 350 g/mol. The normalized spacial score (nSPS) is 16.2. The molecule has 0 bridgehead atoms. The fourth-order valence-corrected chi connectivity index (χ4v) is 3.19. The van der Waals surface area contributed by atoms with E-state index in [9.17, 15) is 5.11 Å². The molecule has 0 saturated carbocycles. The van der Waals surface area contributed by atoms with Crippen molar-refractivity contribution in [3.8, 4) is 0 Å². The van der Waals surface area contributed by atoms with Gasteiger partial charge in [-0.05, 0) is 31.5 Å². The molecule has 0 amide bonds. The summed E-state index contributed by atoms with van der Waals surface area (Å²) in [6.07, 6.45) is -0.499. The highest BCUT2D eigenvalue weighted by atomic mass is 35.5. The zero-order chi connectivity index (χ0) is 17.1. The summed E-state index contributed by atoms with van der Waals surface area (Å²) < 4.78 is 7.89. The van der Waals surface area contributed by atoms with Crippen LogP contribution in [0.5, 0.6) is 0 Å². The Labute approximate surface area is 147 Å². The van der Waals surface area contributed by atoms with Crippen LogP contribution in [0.25, 0.3) is 0 Å². The van der Waals surface area contributed by atoms with Crippen LogP contribution in [-0.4, -0.2) is 45.4 Å². The molecule has 1 N–H and O–H groups in total. The third kappa shape index (κ3) is 4.16. The van der Waals surface area contributed by atoms with Gasteiger partial charge in [0, 0.05) is 30.4 Å². The van der Waals surface area contributed by atoms with Gasteiger partial charge in [-0.2, -0.15) is 0 Å². The van der Waals surface area contributed by atoms with Crippen molar-refractivity contribution in [2.24, 2.45) is 0 Å². The molecule has 0 saturated heterocycles. The highest BCUT2D eigenvalue weighted by Gasteiger charge is 2.22. The third-order valence-corrected chi connectivity index (χ3v) is 4.75. The number of hydrogen-bond acceptors (Lipinski definition) is 4. The number of rotatable bonds is 6. The first-order chi connectivity index (χ1) is 11.5. The van der Waals surface area contributed by atoms with E-state index in [1.165, 1.54) is 5.69 Å². The van der Waals surface area contributed by atoms with Gasteiger partial charge in [-0.3, -0.25) is 4.90 Å². The van der Waals surface area contributed by atoms with Crippen molar-refractivity contribution < 1.29 is 9.84 Å². The SMILES string of the molecule is Cc1nc2n(c1C)CCN(C[C@H](O)COCc1ccc(Cl)cc1)C2. The zero-order valence-electron chi connectivity index (χ0n) is 14.2. The number of imidazole rings is 1. The summed E-state index contributed by atoms with van der Waals surface area (Å²) in [6.45, 7) is 8.21. The molecule has 0 aliphatic carbocycles. The standard InChI is InChI=1S/C18H24ClN3O2/c1-13-14(2)22-8-7-21(10-18(22)20-13)9-17(23)12-24-11-15-3-5-16(19)6-4-15/h3-6,17,23H,7-12H2,1-2H3/t17-/m0/s1. The van der Waals surface area contributed by atoms with E-state index in [0.29, 0.717) is 24.8 Å². The minimum Gasteiger partial charge on any atom is -0.389 e. The summed E-state index contributed by atoms with van der Waals surface area (Å²) in [6, 6.07) is 7.56. The summed E-state index contributed by atoms with van der Waals surface area (Å²) in [4.78, 5) is 6.85. The Hall–Kier alpha value is -1.40. The van der Waals surface area contributed by atoms with Gasteiger partial charge in [0.15, 0.2) is 0 Å². The molecule has 0 fully saturated rings. The molecule has 24 heavy (non-hydrogen) atoms. The average Bonchev–Trinajstić information content (AvgIpc) is 2.83. The van der Waals surface area contributed by atoms with Crippen LogP contribution in [0.4, 0.5) is 0 Å². The van der Waals surface area contributed by atoms with Crippen molar-refractivity contribution in [2.45, 2.75) is 39.6 Å². The number of fused-ring (bicyclic) bond motifs is 1. The van der Waals surface area contributed by atoms with Crippen LogP contribution in [0.15, 0.2) is 24.3 Å². The Morgan fingerprint density at radius 1 is 1.25 bits per heavy atom. The predicted molar refractivity (Wildman–Crippen MR) is 94.1 cm³/mol. The molecule has 1 aliphatic rings. The van der Waals surface area contributed by atoms with Crippen molar-refractivity contribution >= 4 is 11.6 Å². The lowest BCUT2D eigenvalue weighted by atomic mass is 10.2. The molecule has 5 nitrogen and oxygen atoms in total. The zero-order valence-corrected chi connectivity index (χ0v) is 15.0. The molecule has 3 rings (SSSR count). The number of aryl methyl sites for hydroxylation is 1. The van der Waals surface area contributed by atoms with E-state index >= 15 is 0 Å². The number of aromatic nitrogens is 2. The Morgan fingerprint density at radius 2 is 2.00 bits per heavy atom. The highest BCUT2D eigenvalue weighted by molar-refractivity contribution is 6.30. The number of halogens is 1. The number of nitrogens with zero attached hydrogens (tertiary/aromatic N) is 3. The lowest BCUT2D eigenvalue weighted by Gasteiger charge is -2.29. The monoisotopic (exact) mass is 349 g/mol. The molecule has 0 radical (unpaired) electrons. The summed E-state index contributed by atoms with van der Waals surface area (Å²) in [5.74, 6) is 1.09. The van der Waals surface area contributed by atoms with Gasteiger partial charge in [0.1, 0.15) is 5.82 Å². The number of hydrogen-bond donors (Lipinski definition) is 1. The number of benzene rings is 1. The predicted octanol–water partition coefficient (Wildman–Crippen LogP) is 2.55. The largest absolute Gasteiger partial charge is 0.389 e. The molecule has 2 aromatic rings. The highest BCUT2D eigenvalue weighted by Crippen LogP contribution is 2.17. The van der Waals surface area contributed by atoms with E-state index < -0.39 is 6.10 Å². The van der Waals surface area contributed by atoms with Crippen molar-refractivity contribution in [2.75, 3.05) is 19.7 Å². The molecule has 1 aromatic carbocycles. The molecular weight excluding hydrogens is 326 g/mol. The lowest BCUT2D eigenvalue weighted by molar-refractivity contribution is 0.00537. The minimum absolute atomic E-state index is 0.325. The van der Waals surface area contributed by atoms with Crippen LogP contribution in [0.3, 0.4) is 0 Å². The first kappa shape index (κ1) is 17.4. The number of β-amino-alcohol motifs (C(OH)–C–C–N with tert-alkyl or cyclic N) is 1. The molecule has 1 aliphatic heterocycles. The van der Waals surface area contributed by atoms with Crippen molar-refractivity contribution in [1.29, 1.82) is 0 Å². The maximum Gasteiger partial charge on any atom is 0.123 e. The smallest absolute Gasteiger partial charge is 0.123 e. The van der Waals surface area contributed by atoms with Gasteiger partial charge < -0.3 is 14.4 Å². The molecule has 1 atom stereocenters. The van der Waals surface area contributed by atoms with Gasteiger partial charge in [-0.1, -0.05) is 23.7 Å². The Bertz CT molecular complexity index is 684. The van der Waals surface area contributed by atoms with Gasteiger partial charge in [0.25, 0.3) is 0 Å².